The molecule has 0 heterocycles. The Morgan fingerprint density at radius 3 is 2.00 bits per heavy atom. The van der Waals surface area contributed by atoms with Crippen molar-refractivity contribution in [1.29, 1.82) is 0 Å². The van der Waals surface area contributed by atoms with E-state index in [0.717, 1.165) is 11.1 Å². The van der Waals surface area contributed by atoms with Crippen molar-refractivity contribution in [2.24, 2.45) is 5.16 Å². The van der Waals surface area contributed by atoms with Gasteiger partial charge in [0.05, 0.1) is 0 Å². The molecule has 16 heavy (non-hydrogen) atoms. The molecule has 0 amide bonds. The number of hydrogen-bond acceptors (Lipinski definition) is 2. The molecule has 2 rings (SSSR count). The molecule has 80 valence electrons. The van der Waals surface area contributed by atoms with Crippen molar-refractivity contribution in [2.45, 2.75) is 0 Å². The number of hydrogen-bond donors (Lipinski definition) is 1. The van der Waals surface area contributed by atoms with E-state index in [-0.39, 0.29) is 0 Å². The van der Waals surface area contributed by atoms with Gasteiger partial charge in [-0.1, -0.05) is 59.2 Å². The Balaban J connectivity index is 2.42. The van der Waals surface area contributed by atoms with E-state index in [1.807, 2.05) is 42.5 Å². The zero-order valence-electron chi connectivity index (χ0n) is 8.47. The maximum Gasteiger partial charge on any atom is 0.117 e. The van der Waals surface area contributed by atoms with E-state index in [4.69, 9.17) is 16.8 Å². The smallest absolute Gasteiger partial charge is 0.117 e. The van der Waals surface area contributed by atoms with Gasteiger partial charge in [-0.25, -0.2) is 0 Å². The highest BCUT2D eigenvalue weighted by Gasteiger charge is 2.06. The normalized spacial score (nSPS) is 11.4. The monoisotopic (exact) mass is 231 g/mol. The van der Waals surface area contributed by atoms with Crippen molar-refractivity contribution in [3.8, 4) is 0 Å². The first kappa shape index (κ1) is 10.7. The number of benzene rings is 2. The molecule has 2 nitrogen and oxygen atoms in total. The van der Waals surface area contributed by atoms with Crippen LogP contribution in [0.2, 0.25) is 5.02 Å². The lowest BCUT2D eigenvalue weighted by Crippen LogP contribution is -2.02. The van der Waals surface area contributed by atoms with E-state index in [1.165, 1.54) is 0 Å². The van der Waals surface area contributed by atoms with Crippen LogP contribution in [-0.4, -0.2) is 10.9 Å². The molecule has 0 fully saturated rings. The molecule has 2 aromatic rings. The summed E-state index contributed by atoms with van der Waals surface area (Å²) in [5.74, 6) is 0. The molecule has 2 aromatic carbocycles. The van der Waals surface area contributed by atoms with Gasteiger partial charge in [0, 0.05) is 16.1 Å². The minimum Gasteiger partial charge on any atom is -0.410 e. The van der Waals surface area contributed by atoms with E-state index in [9.17, 15) is 0 Å². The van der Waals surface area contributed by atoms with Crippen molar-refractivity contribution in [1.82, 2.24) is 0 Å². The van der Waals surface area contributed by atoms with Crippen LogP contribution in [0.25, 0.3) is 0 Å². The molecule has 0 saturated heterocycles. The number of rotatable bonds is 2. The third kappa shape index (κ3) is 2.23. The molecule has 0 saturated carbocycles. The van der Waals surface area contributed by atoms with Crippen molar-refractivity contribution in [2.75, 3.05) is 0 Å². The van der Waals surface area contributed by atoms with Crippen LogP contribution in [0.1, 0.15) is 11.1 Å². The van der Waals surface area contributed by atoms with Gasteiger partial charge in [0.15, 0.2) is 0 Å². The summed E-state index contributed by atoms with van der Waals surface area (Å²) >= 11 is 5.80. The van der Waals surface area contributed by atoms with Crippen molar-refractivity contribution in [3.05, 3.63) is 70.7 Å². The molecule has 0 spiro atoms. The Bertz CT molecular complexity index is 491. The molecule has 0 aromatic heterocycles. The molecule has 0 radical (unpaired) electrons. The van der Waals surface area contributed by atoms with Gasteiger partial charge < -0.3 is 5.21 Å². The van der Waals surface area contributed by atoms with Crippen LogP contribution in [0, 0.1) is 0 Å². The first-order valence-electron chi connectivity index (χ1n) is 4.84. The standard InChI is InChI=1S/C13H10ClNO/c14-12-8-6-11(7-9-12)13(15-16)10-4-2-1-3-5-10/h1-9,16H/b15-13-. The van der Waals surface area contributed by atoms with Gasteiger partial charge in [-0.2, -0.15) is 0 Å². The van der Waals surface area contributed by atoms with Gasteiger partial charge in [0.1, 0.15) is 5.71 Å². The van der Waals surface area contributed by atoms with Crippen molar-refractivity contribution in [3.63, 3.8) is 0 Å². The van der Waals surface area contributed by atoms with Gasteiger partial charge in [0.2, 0.25) is 0 Å². The number of halogens is 1. The van der Waals surface area contributed by atoms with E-state index < -0.39 is 0 Å². The first-order chi connectivity index (χ1) is 7.81. The summed E-state index contributed by atoms with van der Waals surface area (Å²) in [7, 11) is 0. The van der Waals surface area contributed by atoms with Crippen molar-refractivity contribution >= 4 is 17.3 Å². The number of nitrogens with zero attached hydrogens (tertiary/aromatic N) is 1. The van der Waals surface area contributed by atoms with Gasteiger partial charge in [-0.15, -0.1) is 0 Å². The lowest BCUT2D eigenvalue weighted by Gasteiger charge is -2.04. The first-order valence-corrected chi connectivity index (χ1v) is 5.22. The SMILES string of the molecule is O/N=C(/c1ccccc1)c1ccc(Cl)cc1. The summed E-state index contributed by atoms with van der Waals surface area (Å²) < 4.78 is 0. The minimum absolute atomic E-state index is 0.539. The predicted octanol–water partition coefficient (Wildman–Crippen LogP) is 3.57. The summed E-state index contributed by atoms with van der Waals surface area (Å²) in [5, 5.41) is 13.1. The Morgan fingerprint density at radius 2 is 1.44 bits per heavy atom. The second-order valence-corrected chi connectivity index (χ2v) is 3.76. The van der Waals surface area contributed by atoms with Crippen molar-refractivity contribution < 1.29 is 5.21 Å². The van der Waals surface area contributed by atoms with Gasteiger partial charge >= 0.3 is 0 Å². The fourth-order valence-corrected chi connectivity index (χ4v) is 1.61. The lowest BCUT2D eigenvalue weighted by atomic mass is 10.0. The van der Waals surface area contributed by atoms with Gasteiger partial charge in [0.25, 0.3) is 0 Å². The fraction of sp³-hybridized carbons (Fsp3) is 0. The molecule has 0 aliphatic carbocycles. The molecule has 1 N–H and O–H groups in total. The highest BCUT2D eigenvalue weighted by Crippen LogP contribution is 2.14. The Hall–Kier alpha value is -1.80. The average Bonchev–Trinajstić information content (AvgIpc) is 2.34. The molecule has 0 atom stereocenters. The molecular formula is C13H10ClNO. The summed E-state index contributed by atoms with van der Waals surface area (Å²) in [4.78, 5) is 0. The zero-order chi connectivity index (χ0) is 11.4. The molecule has 0 unspecified atom stereocenters. The quantitative estimate of drug-likeness (QED) is 0.478. The Kier molecular flexibility index (Phi) is 3.22. The second kappa shape index (κ2) is 4.81. The third-order valence-electron chi connectivity index (χ3n) is 2.26. The topological polar surface area (TPSA) is 32.6 Å². The van der Waals surface area contributed by atoms with Gasteiger partial charge in [-0.05, 0) is 12.1 Å². The lowest BCUT2D eigenvalue weighted by molar-refractivity contribution is 0.319. The third-order valence-corrected chi connectivity index (χ3v) is 2.52. The Morgan fingerprint density at radius 1 is 0.875 bits per heavy atom. The largest absolute Gasteiger partial charge is 0.410 e. The molecular weight excluding hydrogens is 222 g/mol. The zero-order valence-corrected chi connectivity index (χ0v) is 9.22. The molecule has 0 bridgehead atoms. The van der Waals surface area contributed by atoms with Crippen LogP contribution in [0.4, 0.5) is 0 Å². The van der Waals surface area contributed by atoms with Gasteiger partial charge in [-0.3, -0.25) is 0 Å². The second-order valence-electron chi connectivity index (χ2n) is 3.32. The fourth-order valence-electron chi connectivity index (χ4n) is 1.49. The predicted molar refractivity (Wildman–Crippen MR) is 65.3 cm³/mol. The van der Waals surface area contributed by atoms with E-state index in [0.29, 0.717) is 10.7 Å². The highest BCUT2D eigenvalue weighted by molar-refractivity contribution is 6.30. The maximum absolute atomic E-state index is 9.06. The molecule has 3 heteroatoms. The maximum atomic E-state index is 9.06. The van der Waals surface area contributed by atoms with Crippen LogP contribution in [0.15, 0.2) is 59.8 Å². The van der Waals surface area contributed by atoms with Crippen LogP contribution in [0.5, 0.6) is 0 Å². The summed E-state index contributed by atoms with van der Waals surface area (Å²) in [6.07, 6.45) is 0. The van der Waals surface area contributed by atoms with Crippen LogP contribution in [-0.2, 0) is 0 Å². The van der Waals surface area contributed by atoms with Crippen LogP contribution in [0.3, 0.4) is 0 Å². The minimum atomic E-state index is 0.539. The highest BCUT2D eigenvalue weighted by atomic mass is 35.5. The number of oxime groups is 1. The summed E-state index contributed by atoms with van der Waals surface area (Å²) in [6.45, 7) is 0. The van der Waals surface area contributed by atoms with E-state index in [1.54, 1.807) is 12.1 Å². The average molecular weight is 232 g/mol. The van der Waals surface area contributed by atoms with E-state index in [2.05, 4.69) is 5.16 Å². The molecule has 0 aliphatic heterocycles. The van der Waals surface area contributed by atoms with Crippen LogP contribution < -0.4 is 0 Å². The van der Waals surface area contributed by atoms with E-state index >= 15 is 0 Å². The molecule has 0 aliphatic rings. The van der Waals surface area contributed by atoms with Crippen LogP contribution >= 0.6 is 11.6 Å². The summed E-state index contributed by atoms with van der Waals surface area (Å²) in [5.41, 5.74) is 2.24. The summed E-state index contributed by atoms with van der Waals surface area (Å²) in [6, 6.07) is 16.7. The Labute approximate surface area is 98.8 Å².